The standard InChI is InChI=1S/C12H18N2O4/c1-12(17)3-2-5-14(6-4-12)8-9-7-10(11(15)16)13-18-9/h7,17H,2-6,8H2,1H3,(H,15,16). The Morgan fingerprint density at radius 3 is 3.00 bits per heavy atom. The maximum absolute atomic E-state index is 10.7. The lowest BCUT2D eigenvalue weighted by Crippen LogP contribution is -2.28. The lowest BCUT2D eigenvalue weighted by Gasteiger charge is -2.21. The molecule has 1 fully saturated rings. The highest BCUT2D eigenvalue weighted by atomic mass is 16.5. The molecule has 2 heterocycles. The number of hydrogen-bond donors (Lipinski definition) is 2. The summed E-state index contributed by atoms with van der Waals surface area (Å²) in [6, 6.07) is 1.45. The van der Waals surface area contributed by atoms with Crippen molar-refractivity contribution >= 4 is 5.97 Å². The highest BCUT2D eigenvalue weighted by Crippen LogP contribution is 2.22. The smallest absolute Gasteiger partial charge is 0.358 e. The molecule has 0 bridgehead atoms. The molecule has 0 amide bonds. The fourth-order valence-electron chi connectivity index (χ4n) is 2.19. The number of aromatic nitrogens is 1. The fourth-order valence-corrected chi connectivity index (χ4v) is 2.19. The summed E-state index contributed by atoms with van der Waals surface area (Å²) in [5, 5.41) is 22.2. The summed E-state index contributed by atoms with van der Waals surface area (Å²) in [6.45, 7) is 4.04. The van der Waals surface area contributed by atoms with Crippen molar-refractivity contribution in [3.8, 4) is 0 Å². The van der Waals surface area contributed by atoms with E-state index in [-0.39, 0.29) is 5.69 Å². The van der Waals surface area contributed by atoms with Crippen molar-refractivity contribution in [2.45, 2.75) is 38.3 Å². The molecule has 2 N–H and O–H groups in total. The molecular formula is C12H18N2O4. The molecule has 0 spiro atoms. The molecule has 18 heavy (non-hydrogen) atoms. The van der Waals surface area contributed by atoms with Crippen molar-refractivity contribution in [1.29, 1.82) is 0 Å². The summed E-state index contributed by atoms with van der Waals surface area (Å²) in [6.07, 6.45) is 2.43. The Morgan fingerprint density at radius 1 is 1.56 bits per heavy atom. The molecule has 0 radical (unpaired) electrons. The molecule has 6 nitrogen and oxygen atoms in total. The first-order valence-corrected chi connectivity index (χ1v) is 6.10. The van der Waals surface area contributed by atoms with E-state index in [1.165, 1.54) is 6.07 Å². The van der Waals surface area contributed by atoms with Gasteiger partial charge in [0, 0.05) is 12.6 Å². The fraction of sp³-hybridized carbons (Fsp3) is 0.667. The number of carbonyl (C=O) groups is 1. The second-order valence-electron chi connectivity index (χ2n) is 5.11. The first-order valence-electron chi connectivity index (χ1n) is 6.10. The molecule has 1 atom stereocenters. The summed E-state index contributed by atoms with van der Waals surface area (Å²) in [5.41, 5.74) is -0.658. The molecule has 6 heteroatoms. The van der Waals surface area contributed by atoms with Crippen LogP contribution in [0.25, 0.3) is 0 Å². The molecule has 100 valence electrons. The van der Waals surface area contributed by atoms with Crippen LogP contribution in [0.3, 0.4) is 0 Å². The van der Waals surface area contributed by atoms with Gasteiger partial charge in [-0.05, 0) is 32.7 Å². The van der Waals surface area contributed by atoms with E-state index in [4.69, 9.17) is 9.63 Å². The van der Waals surface area contributed by atoms with Gasteiger partial charge < -0.3 is 14.7 Å². The van der Waals surface area contributed by atoms with Crippen LogP contribution in [0.15, 0.2) is 10.6 Å². The minimum Gasteiger partial charge on any atom is -0.476 e. The van der Waals surface area contributed by atoms with Gasteiger partial charge in [0.2, 0.25) is 0 Å². The predicted molar refractivity (Wildman–Crippen MR) is 63.2 cm³/mol. The molecule has 1 saturated heterocycles. The number of aromatic carboxylic acids is 1. The number of carboxylic acid groups (broad SMARTS) is 1. The van der Waals surface area contributed by atoms with Crippen molar-refractivity contribution in [3.63, 3.8) is 0 Å². The van der Waals surface area contributed by atoms with E-state index in [0.717, 1.165) is 25.9 Å². The van der Waals surface area contributed by atoms with Gasteiger partial charge in [0.05, 0.1) is 12.1 Å². The molecule has 1 aliphatic heterocycles. The maximum atomic E-state index is 10.7. The number of likely N-dealkylation sites (tertiary alicyclic amines) is 1. The zero-order chi connectivity index (χ0) is 13.2. The van der Waals surface area contributed by atoms with Crippen LogP contribution in [0, 0.1) is 0 Å². The topological polar surface area (TPSA) is 86.8 Å². The zero-order valence-electron chi connectivity index (χ0n) is 10.4. The molecule has 1 aromatic rings. The Labute approximate surface area is 105 Å². The van der Waals surface area contributed by atoms with E-state index in [9.17, 15) is 9.90 Å². The van der Waals surface area contributed by atoms with E-state index in [1.807, 2.05) is 6.92 Å². The van der Waals surface area contributed by atoms with Crippen LogP contribution in [0.5, 0.6) is 0 Å². The minimum atomic E-state index is -1.08. The highest BCUT2D eigenvalue weighted by molar-refractivity contribution is 5.85. The summed E-state index contributed by atoms with van der Waals surface area (Å²) in [5.74, 6) is -0.530. The van der Waals surface area contributed by atoms with Crippen molar-refractivity contribution < 1.29 is 19.5 Å². The second kappa shape index (κ2) is 5.07. The summed E-state index contributed by atoms with van der Waals surface area (Å²) in [7, 11) is 0. The third kappa shape index (κ3) is 3.30. The van der Waals surface area contributed by atoms with Gasteiger partial charge in [-0.2, -0.15) is 0 Å². The van der Waals surface area contributed by atoms with E-state index in [2.05, 4.69) is 10.1 Å². The molecule has 0 saturated carbocycles. The van der Waals surface area contributed by atoms with Crippen LogP contribution in [0.4, 0.5) is 0 Å². The molecule has 0 aromatic carbocycles. The van der Waals surface area contributed by atoms with Gasteiger partial charge in [0.15, 0.2) is 11.5 Å². The number of hydrogen-bond acceptors (Lipinski definition) is 5. The molecule has 1 unspecified atom stereocenters. The van der Waals surface area contributed by atoms with E-state index in [1.54, 1.807) is 0 Å². The molecule has 1 aliphatic rings. The maximum Gasteiger partial charge on any atom is 0.358 e. The minimum absolute atomic E-state index is 0.0631. The third-order valence-corrected chi connectivity index (χ3v) is 3.31. The van der Waals surface area contributed by atoms with Gasteiger partial charge in [-0.3, -0.25) is 4.90 Å². The van der Waals surface area contributed by atoms with Crippen LogP contribution in [-0.2, 0) is 6.54 Å². The van der Waals surface area contributed by atoms with Crippen LogP contribution >= 0.6 is 0 Å². The normalized spacial score (nSPS) is 25.9. The van der Waals surface area contributed by atoms with E-state index < -0.39 is 11.6 Å². The van der Waals surface area contributed by atoms with Crippen LogP contribution < -0.4 is 0 Å². The van der Waals surface area contributed by atoms with Crippen LogP contribution in [0.1, 0.15) is 42.4 Å². The van der Waals surface area contributed by atoms with Crippen LogP contribution in [-0.4, -0.2) is 44.9 Å². The number of aliphatic hydroxyl groups is 1. The predicted octanol–water partition coefficient (Wildman–Crippen LogP) is 1.11. The Hall–Kier alpha value is -1.40. The van der Waals surface area contributed by atoms with Gasteiger partial charge in [-0.1, -0.05) is 5.16 Å². The number of nitrogens with zero attached hydrogens (tertiary/aromatic N) is 2. The van der Waals surface area contributed by atoms with E-state index in [0.29, 0.717) is 18.7 Å². The largest absolute Gasteiger partial charge is 0.476 e. The molecule has 1 aromatic heterocycles. The van der Waals surface area contributed by atoms with Gasteiger partial charge >= 0.3 is 5.97 Å². The molecule has 2 rings (SSSR count). The second-order valence-corrected chi connectivity index (χ2v) is 5.11. The SMILES string of the molecule is CC1(O)CCCN(Cc2cc(C(=O)O)no2)CC1. The van der Waals surface area contributed by atoms with Crippen LogP contribution in [0.2, 0.25) is 0 Å². The Balaban J connectivity index is 1.94. The average molecular weight is 254 g/mol. The summed E-state index contributed by atoms with van der Waals surface area (Å²) >= 11 is 0. The van der Waals surface area contributed by atoms with Crippen molar-refractivity contribution in [3.05, 3.63) is 17.5 Å². The lowest BCUT2D eigenvalue weighted by atomic mass is 9.98. The summed E-state index contributed by atoms with van der Waals surface area (Å²) in [4.78, 5) is 12.8. The first-order chi connectivity index (χ1) is 8.46. The van der Waals surface area contributed by atoms with Gasteiger partial charge in [-0.25, -0.2) is 4.79 Å². The highest BCUT2D eigenvalue weighted by Gasteiger charge is 2.25. The quantitative estimate of drug-likeness (QED) is 0.840. The van der Waals surface area contributed by atoms with Gasteiger partial charge in [0.25, 0.3) is 0 Å². The Kier molecular flexibility index (Phi) is 3.68. The Morgan fingerprint density at radius 2 is 2.33 bits per heavy atom. The third-order valence-electron chi connectivity index (χ3n) is 3.31. The van der Waals surface area contributed by atoms with Gasteiger partial charge in [0.1, 0.15) is 0 Å². The zero-order valence-corrected chi connectivity index (χ0v) is 10.4. The lowest BCUT2D eigenvalue weighted by molar-refractivity contribution is 0.0441. The van der Waals surface area contributed by atoms with Gasteiger partial charge in [-0.15, -0.1) is 0 Å². The first kappa shape index (κ1) is 13.0. The average Bonchev–Trinajstić information content (AvgIpc) is 2.67. The van der Waals surface area contributed by atoms with Crippen molar-refractivity contribution in [2.75, 3.05) is 13.1 Å². The Bertz CT molecular complexity index is 427. The molecule has 0 aliphatic carbocycles. The van der Waals surface area contributed by atoms with E-state index >= 15 is 0 Å². The monoisotopic (exact) mass is 254 g/mol. The summed E-state index contributed by atoms with van der Waals surface area (Å²) < 4.78 is 4.99. The van der Waals surface area contributed by atoms with Crippen molar-refractivity contribution in [1.82, 2.24) is 10.1 Å². The number of carboxylic acids is 1. The van der Waals surface area contributed by atoms with Crippen molar-refractivity contribution in [2.24, 2.45) is 0 Å². The molecular weight excluding hydrogens is 236 g/mol. The number of rotatable bonds is 3.